The third kappa shape index (κ3) is 5.23. The van der Waals surface area contributed by atoms with Crippen molar-refractivity contribution in [1.82, 2.24) is 15.1 Å². The number of carbonyl (C=O) groups excluding carboxylic acids is 1. The number of likely N-dealkylation sites (N-methyl/N-ethyl adjacent to an activating group) is 1. The van der Waals surface area contributed by atoms with Crippen LogP contribution in [0.1, 0.15) is 35.8 Å². The third-order valence-corrected chi connectivity index (χ3v) is 6.87. The van der Waals surface area contributed by atoms with Crippen LogP contribution in [0.25, 0.3) is 11.0 Å². The van der Waals surface area contributed by atoms with E-state index in [-0.39, 0.29) is 18.6 Å². The zero-order chi connectivity index (χ0) is 22.6. The predicted molar refractivity (Wildman–Crippen MR) is 130 cm³/mol. The van der Waals surface area contributed by atoms with E-state index in [1.165, 1.54) is 18.4 Å². The number of piperazine rings is 1. The average molecular weight is 448 g/mol. The summed E-state index contributed by atoms with van der Waals surface area (Å²) in [5.74, 6) is 1.72. The highest BCUT2D eigenvalue weighted by Crippen LogP contribution is 2.34. The van der Waals surface area contributed by atoms with Crippen LogP contribution in [-0.2, 0) is 17.6 Å². The molecule has 1 amide bonds. The first kappa shape index (κ1) is 22.0. The number of fused-ring (bicyclic) bond motifs is 3. The van der Waals surface area contributed by atoms with Crippen LogP contribution in [0.2, 0.25) is 0 Å². The Morgan fingerprint density at radius 2 is 1.85 bits per heavy atom. The van der Waals surface area contributed by atoms with Gasteiger partial charge in [-0.3, -0.25) is 9.69 Å². The Hall–Kier alpha value is -2.83. The third-order valence-electron chi connectivity index (χ3n) is 6.87. The second kappa shape index (κ2) is 9.98. The molecule has 1 aliphatic carbocycles. The lowest BCUT2D eigenvalue weighted by Gasteiger charge is -2.35. The van der Waals surface area contributed by atoms with Crippen molar-refractivity contribution in [2.45, 2.75) is 31.7 Å². The Morgan fingerprint density at radius 1 is 1.06 bits per heavy atom. The standard InChI is InChI=1S/C27H33N3O3/c1-29-13-15-30(16-14-29)18-24(20-7-3-2-4-8-20)28-27(31)19-32-21-11-12-26-23(17-21)22-9-5-6-10-25(22)33-26/h2-4,7-8,11-12,17,24H,5-6,9-10,13-16,18-19H2,1H3,(H,28,31). The van der Waals surface area contributed by atoms with Gasteiger partial charge in [0, 0.05) is 50.1 Å². The van der Waals surface area contributed by atoms with E-state index in [0.717, 1.165) is 67.9 Å². The number of ether oxygens (including phenoxy) is 1. The summed E-state index contributed by atoms with van der Waals surface area (Å²) < 4.78 is 11.9. The minimum absolute atomic E-state index is 0.00236. The van der Waals surface area contributed by atoms with Crippen molar-refractivity contribution in [3.8, 4) is 5.75 Å². The summed E-state index contributed by atoms with van der Waals surface area (Å²) in [6.07, 6.45) is 4.45. The zero-order valence-corrected chi connectivity index (χ0v) is 19.4. The molecule has 1 aromatic heterocycles. The molecule has 1 unspecified atom stereocenters. The van der Waals surface area contributed by atoms with Gasteiger partial charge < -0.3 is 19.4 Å². The smallest absolute Gasteiger partial charge is 0.258 e. The van der Waals surface area contributed by atoms with Crippen molar-refractivity contribution in [3.63, 3.8) is 0 Å². The largest absolute Gasteiger partial charge is 0.484 e. The van der Waals surface area contributed by atoms with E-state index in [1.807, 2.05) is 36.4 Å². The number of hydrogen-bond donors (Lipinski definition) is 1. The Morgan fingerprint density at radius 3 is 2.67 bits per heavy atom. The van der Waals surface area contributed by atoms with Crippen LogP contribution in [-0.4, -0.2) is 62.1 Å². The Kier molecular flexibility index (Phi) is 6.65. The van der Waals surface area contributed by atoms with Gasteiger partial charge in [0.05, 0.1) is 6.04 Å². The van der Waals surface area contributed by atoms with E-state index in [2.05, 4.69) is 34.3 Å². The zero-order valence-electron chi connectivity index (χ0n) is 19.4. The molecule has 5 rings (SSSR count). The maximum Gasteiger partial charge on any atom is 0.258 e. The van der Waals surface area contributed by atoms with Gasteiger partial charge in [-0.25, -0.2) is 0 Å². The van der Waals surface area contributed by atoms with Gasteiger partial charge in [0.1, 0.15) is 17.1 Å². The molecule has 0 radical (unpaired) electrons. The van der Waals surface area contributed by atoms with E-state index >= 15 is 0 Å². The second-order valence-corrected chi connectivity index (χ2v) is 9.29. The Labute approximate surface area is 195 Å². The molecule has 1 N–H and O–H groups in total. The molecule has 2 aromatic carbocycles. The van der Waals surface area contributed by atoms with Crippen LogP contribution in [0.4, 0.5) is 0 Å². The average Bonchev–Trinajstić information content (AvgIpc) is 3.22. The number of amides is 1. The molecule has 2 aliphatic rings. The quantitative estimate of drug-likeness (QED) is 0.597. The van der Waals surface area contributed by atoms with Crippen molar-refractivity contribution < 1.29 is 13.9 Å². The number of nitrogens with one attached hydrogen (secondary N) is 1. The van der Waals surface area contributed by atoms with Gasteiger partial charge in [-0.1, -0.05) is 30.3 Å². The van der Waals surface area contributed by atoms with Gasteiger partial charge >= 0.3 is 0 Å². The van der Waals surface area contributed by atoms with Crippen molar-refractivity contribution >= 4 is 16.9 Å². The minimum atomic E-state index is -0.104. The van der Waals surface area contributed by atoms with Crippen molar-refractivity contribution in [2.75, 3.05) is 46.4 Å². The number of hydrogen-bond acceptors (Lipinski definition) is 5. The number of rotatable bonds is 7. The van der Waals surface area contributed by atoms with E-state index < -0.39 is 0 Å². The molecule has 0 bridgehead atoms. The first-order chi connectivity index (χ1) is 16.2. The topological polar surface area (TPSA) is 58.0 Å². The fourth-order valence-corrected chi connectivity index (χ4v) is 4.92. The number of carbonyl (C=O) groups is 1. The molecule has 6 heteroatoms. The monoisotopic (exact) mass is 447 g/mol. The fraction of sp³-hybridized carbons (Fsp3) is 0.444. The molecule has 1 aliphatic heterocycles. The normalized spacial score (nSPS) is 18.1. The van der Waals surface area contributed by atoms with Gasteiger partial charge in [0.15, 0.2) is 6.61 Å². The number of aryl methyl sites for hydroxylation is 2. The van der Waals surface area contributed by atoms with Crippen molar-refractivity contribution in [1.29, 1.82) is 0 Å². The van der Waals surface area contributed by atoms with Crippen LogP contribution in [0.3, 0.4) is 0 Å². The molecule has 0 saturated carbocycles. The lowest BCUT2D eigenvalue weighted by molar-refractivity contribution is -0.124. The summed E-state index contributed by atoms with van der Waals surface area (Å²) in [6.45, 7) is 4.94. The second-order valence-electron chi connectivity index (χ2n) is 9.29. The van der Waals surface area contributed by atoms with Gasteiger partial charge in [-0.2, -0.15) is 0 Å². The van der Waals surface area contributed by atoms with E-state index in [9.17, 15) is 4.79 Å². The summed E-state index contributed by atoms with van der Waals surface area (Å²) in [4.78, 5) is 17.6. The van der Waals surface area contributed by atoms with Crippen molar-refractivity contribution in [2.24, 2.45) is 0 Å². The van der Waals surface area contributed by atoms with Gasteiger partial charge in [0.2, 0.25) is 0 Å². The summed E-state index contributed by atoms with van der Waals surface area (Å²) >= 11 is 0. The highest BCUT2D eigenvalue weighted by molar-refractivity contribution is 5.84. The molecular weight excluding hydrogens is 414 g/mol. The van der Waals surface area contributed by atoms with Crippen LogP contribution >= 0.6 is 0 Å². The Balaban J connectivity index is 1.23. The molecular formula is C27H33N3O3. The maximum absolute atomic E-state index is 12.9. The Bertz CT molecular complexity index is 1090. The van der Waals surface area contributed by atoms with Crippen molar-refractivity contribution in [3.05, 3.63) is 65.4 Å². The molecule has 174 valence electrons. The van der Waals surface area contributed by atoms with Crippen LogP contribution in [0.5, 0.6) is 5.75 Å². The maximum atomic E-state index is 12.9. The highest BCUT2D eigenvalue weighted by Gasteiger charge is 2.22. The summed E-state index contributed by atoms with van der Waals surface area (Å²) in [5.41, 5.74) is 3.34. The van der Waals surface area contributed by atoms with Crippen LogP contribution < -0.4 is 10.1 Å². The highest BCUT2D eigenvalue weighted by atomic mass is 16.5. The summed E-state index contributed by atoms with van der Waals surface area (Å²) in [5, 5.41) is 4.33. The lowest BCUT2D eigenvalue weighted by atomic mass is 9.96. The molecule has 6 nitrogen and oxygen atoms in total. The van der Waals surface area contributed by atoms with Gasteiger partial charge in [0.25, 0.3) is 5.91 Å². The van der Waals surface area contributed by atoms with Crippen LogP contribution in [0.15, 0.2) is 52.9 Å². The van der Waals surface area contributed by atoms with Crippen LogP contribution in [0, 0.1) is 0 Å². The lowest BCUT2D eigenvalue weighted by Crippen LogP contribution is -2.48. The predicted octanol–water partition coefficient (Wildman–Crippen LogP) is 3.80. The number of benzene rings is 2. The number of furan rings is 1. The molecule has 1 atom stereocenters. The number of nitrogens with zero attached hydrogens (tertiary/aromatic N) is 2. The molecule has 2 heterocycles. The first-order valence-corrected chi connectivity index (χ1v) is 12.1. The molecule has 1 fully saturated rings. The first-order valence-electron chi connectivity index (χ1n) is 12.1. The van der Waals surface area contributed by atoms with E-state index in [1.54, 1.807) is 0 Å². The van der Waals surface area contributed by atoms with Gasteiger partial charge in [-0.05, 0) is 50.1 Å². The van der Waals surface area contributed by atoms with E-state index in [4.69, 9.17) is 9.15 Å². The molecule has 3 aromatic rings. The summed E-state index contributed by atoms with van der Waals surface area (Å²) in [7, 11) is 2.15. The SMILES string of the molecule is CN1CCN(CC(NC(=O)COc2ccc3oc4c(c3c2)CCCC4)c2ccccc2)CC1. The van der Waals surface area contributed by atoms with E-state index in [0.29, 0.717) is 5.75 Å². The molecule has 1 saturated heterocycles. The minimum Gasteiger partial charge on any atom is -0.484 e. The summed E-state index contributed by atoms with van der Waals surface area (Å²) in [6, 6.07) is 16.0. The van der Waals surface area contributed by atoms with Gasteiger partial charge in [-0.15, -0.1) is 0 Å². The fourth-order valence-electron chi connectivity index (χ4n) is 4.92. The molecule has 0 spiro atoms. The molecule has 33 heavy (non-hydrogen) atoms.